The number of hydrogen-bond donors (Lipinski definition) is 0. The molecule has 2 aromatic carbocycles. The average Bonchev–Trinajstić information content (AvgIpc) is 2.64. The fourth-order valence-corrected chi connectivity index (χ4v) is 2.82. The van der Waals surface area contributed by atoms with E-state index in [9.17, 15) is 9.18 Å². The number of Topliss-reactive ketones (excluding diaryl/α,β-unsaturated/α-hetero) is 1. The maximum Gasteiger partial charge on any atom is 0.141 e. The van der Waals surface area contributed by atoms with Crippen LogP contribution in [-0.4, -0.2) is 10.8 Å². The lowest BCUT2D eigenvalue weighted by molar-refractivity contribution is -0.117. The van der Waals surface area contributed by atoms with Gasteiger partial charge in [0.15, 0.2) is 0 Å². The summed E-state index contributed by atoms with van der Waals surface area (Å²) in [4.78, 5) is 16.5. The fraction of sp³-hybridized carbons (Fsp3) is 0.136. The van der Waals surface area contributed by atoms with Gasteiger partial charge in [0.2, 0.25) is 0 Å². The minimum absolute atomic E-state index is 0.0212. The molecule has 0 saturated carbocycles. The Labute approximate surface area is 151 Å². The Balaban J connectivity index is 1.69. The standard InChI is InChI=1S/C22H17FN2O/c1-15-10-19(8-9-25-15)18-5-2-16(3-6-18)12-21(26)13-20-11-17(14-24)4-7-22(20)23/h2-11H,12-13H2,1H3. The van der Waals surface area contributed by atoms with E-state index in [0.29, 0.717) is 5.56 Å². The third-order valence-corrected chi connectivity index (χ3v) is 4.15. The number of carbonyl (C=O) groups is 1. The molecular weight excluding hydrogens is 327 g/mol. The van der Waals surface area contributed by atoms with Crippen molar-refractivity contribution in [3.63, 3.8) is 0 Å². The van der Waals surface area contributed by atoms with Crippen molar-refractivity contribution in [1.29, 1.82) is 5.26 Å². The van der Waals surface area contributed by atoms with Gasteiger partial charge in [-0.3, -0.25) is 9.78 Å². The molecule has 0 N–H and O–H groups in total. The van der Waals surface area contributed by atoms with Gasteiger partial charge in [-0.05, 0) is 59.5 Å². The monoisotopic (exact) mass is 344 g/mol. The van der Waals surface area contributed by atoms with Gasteiger partial charge in [-0.15, -0.1) is 0 Å². The highest BCUT2D eigenvalue weighted by molar-refractivity contribution is 5.83. The number of nitriles is 1. The van der Waals surface area contributed by atoms with Gasteiger partial charge in [0.05, 0.1) is 11.6 Å². The Morgan fingerprint density at radius 2 is 1.81 bits per heavy atom. The summed E-state index contributed by atoms with van der Waals surface area (Å²) in [6.45, 7) is 1.94. The Bertz CT molecular complexity index is 988. The molecule has 0 unspecified atom stereocenters. The first-order valence-corrected chi connectivity index (χ1v) is 8.27. The minimum atomic E-state index is -0.458. The van der Waals surface area contributed by atoms with Crippen molar-refractivity contribution in [2.45, 2.75) is 19.8 Å². The number of aromatic nitrogens is 1. The molecule has 0 fully saturated rings. The molecule has 0 aliphatic rings. The van der Waals surface area contributed by atoms with Crippen LogP contribution in [0.15, 0.2) is 60.8 Å². The number of nitrogens with zero attached hydrogens (tertiary/aromatic N) is 2. The minimum Gasteiger partial charge on any atom is -0.299 e. The van der Waals surface area contributed by atoms with Gasteiger partial charge in [0.1, 0.15) is 11.6 Å². The van der Waals surface area contributed by atoms with Crippen molar-refractivity contribution in [3.8, 4) is 17.2 Å². The molecule has 3 aromatic rings. The number of halogens is 1. The van der Waals surface area contributed by atoms with Crippen LogP contribution < -0.4 is 0 Å². The summed E-state index contributed by atoms with van der Waals surface area (Å²) in [5.41, 5.74) is 4.57. The molecule has 0 spiro atoms. The van der Waals surface area contributed by atoms with Crippen LogP contribution in [-0.2, 0) is 17.6 Å². The van der Waals surface area contributed by atoms with Gasteiger partial charge in [0, 0.05) is 24.7 Å². The molecule has 3 nitrogen and oxygen atoms in total. The molecule has 1 aromatic heterocycles. The maximum absolute atomic E-state index is 13.8. The van der Waals surface area contributed by atoms with Crippen molar-refractivity contribution in [2.75, 3.05) is 0 Å². The van der Waals surface area contributed by atoms with E-state index in [0.717, 1.165) is 22.4 Å². The first-order valence-electron chi connectivity index (χ1n) is 8.27. The molecule has 0 bridgehead atoms. The van der Waals surface area contributed by atoms with Gasteiger partial charge >= 0.3 is 0 Å². The quantitative estimate of drug-likeness (QED) is 0.688. The summed E-state index contributed by atoms with van der Waals surface area (Å²) in [5, 5.41) is 8.90. The first-order chi connectivity index (χ1) is 12.5. The van der Waals surface area contributed by atoms with Crippen LogP contribution in [0.3, 0.4) is 0 Å². The van der Waals surface area contributed by atoms with E-state index in [4.69, 9.17) is 5.26 Å². The number of benzene rings is 2. The molecular formula is C22H17FN2O. The van der Waals surface area contributed by atoms with Gasteiger partial charge in [0.25, 0.3) is 0 Å². The van der Waals surface area contributed by atoms with Crippen LogP contribution in [0.2, 0.25) is 0 Å². The SMILES string of the molecule is Cc1cc(-c2ccc(CC(=O)Cc3cc(C#N)ccc3F)cc2)ccn1. The van der Waals surface area contributed by atoms with Crippen LogP contribution in [0.1, 0.15) is 22.4 Å². The Hall–Kier alpha value is -3.32. The van der Waals surface area contributed by atoms with E-state index < -0.39 is 5.82 Å². The second-order valence-electron chi connectivity index (χ2n) is 6.19. The largest absolute Gasteiger partial charge is 0.299 e. The zero-order valence-corrected chi connectivity index (χ0v) is 14.4. The number of aryl methyl sites for hydroxylation is 1. The number of ketones is 1. The second kappa shape index (κ2) is 7.71. The number of rotatable bonds is 5. The lowest BCUT2D eigenvalue weighted by atomic mass is 9.99. The summed E-state index contributed by atoms with van der Waals surface area (Å²) in [7, 11) is 0. The smallest absolute Gasteiger partial charge is 0.141 e. The summed E-state index contributed by atoms with van der Waals surface area (Å²) in [6, 6.07) is 17.7. The molecule has 0 saturated heterocycles. The maximum atomic E-state index is 13.8. The van der Waals surface area contributed by atoms with E-state index in [1.807, 2.05) is 49.4 Å². The first kappa shape index (κ1) is 17.5. The topological polar surface area (TPSA) is 53.8 Å². The highest BCUT2D eigenvalue weighted by Gasteiger charge is 2.10. The molecule has 0 aliphatic heterocycles. The Morgan fingerprint density at radius 1 is 1.04 bits per heavy atom. The van der Waals surface area contributed by atoms with Crippen LogP contribution in [0, 0.1) is 24.1 Å². The van der Waals surface area contributed by atoms with Crippen LogP contribution in [0.5, 0.6) is 0 Å². The highest BCUT2D eigenvalue weighted by Crippen LogP contribution is 2.20. The molecule has 0 amide bonds. The van der Waals surface area contributed by atoms with E-state index >= 15 is 0 Å². The van der Waals surface area contributed by atoms with E-state index in [1.54, 1.807) is 6.20 Å². The zero-order chi connectivity index (χ0) is 18.5. The predicted octanol–water partition coefficient (Wildman–Crippen LogP) is 4.42. The number of carbonyl (C=O) groups excluding carboxylic acids is 1. The van der Waals surface area contributed by atoms with Gasteiger partial charge in [-0.25, -0.2) is 4.39 Å². The molecule has 0 aliphatic carbocycles. The summed E-state index contributed by atoms with van der Waals surface area (Å²) in [5.74, 6) is -0.549. The normalized spacial score (nSPS) is 10.3. The summed E-state index contributed by atoms with van der Waals surface area (Å²) in [6.07, 6.45) is 1.98. The van der Waals surface area contributed by atoms with Crippen LogP contribution in [0.25, 0.3) is 11.1 Å². The predicted molar refractivity (Wildman–Crippen MR) is 97.9 cm³/mol. The van der Waals surface area contributed by atoms with Crippen molar-refractivity contribution < 1.29 is 9.18 Å². The zero-order valence-electron chi connectivity index (χ0n) is 14.4. The van der Waals surface area contributed by atoms with Gasteiger partial charge < -0.3 is 0 Å². The van der Waals surface area contributed by atoms with E-state index in [-0.39, 0.29) is 24.2 Å². The molecule has 3 rings (SSSR count). The molecule has 0 atom stereocenters. The molecule has 0 radical (unpaired) electrons. The lowest BCUT2D eigenvalue weighted by Gasteiger charge is -2.06. The van der Waals surface area contributed by atoms with Gasteiger partial charge in [-0.2, -0.15) is 5.26 Å². The van der Waals surface area contributed by atoms with E-state index in [2.05, 4.69) is 4.98 Å². The van der Waals surface area contributed by atoms with Crippen LogP contribution in [0.4, 0.5) is 4.39 Å². The van der Waals surface area contributed by atoms with Crippen molar-refractivity contribution in [2.24, 2.45) is 0 Å². The Morgan fingerprint density at radius 3 is 2.50 bits per heavy atom. The number of pyridine rings is 1. The fourth-order valence-electron chi connectivity index (χ4n) is 2.82. The summed E-state index contributed by atoms with van der Waals surface area (Å²) >= 11 is 0. The Kier molecular flexibility index (Phi) is 5.19. The molecule has 1 heterocycles. The van der Waals surface area contributed by atoms with Crippen molar-refractivity contribution >= 4 is 5.78 Å². The van der Waals surface area contributed by atoms with E-state index in [1.165, 1.54) is 18.2 Å². The van der Waals surface area contributed by atoms with Crippen LogP contribution >= 0.6 is 0 Å². The highest BCUT2D eigenvalue weighted by atomic mass is 19.1. The molecule has 26 heavy (non-hydrogen) atoms. The molecule has 128 valence electrons. The summed E-state index contributed by atoms with van der Waals surface area (Å²) < 4.78 is 13.8. The lowest BCUT2D eigenvalue weighted by Crippen LogP contribution is -2.08. The average molecular weight is 344 g/mol. The van der Waals surface area contributed by atoms with Gasteiger partial charge in [-0.1, -0.05) is 24.3 Å². The molecule has 4 heteroatoms. The third kappa shape index (κ3) is 4.20. The van der Waals surface area contributed by atoms with Crippen molar-refractivity contribution in [3.05, 3.63) is 89.0 Å². The number of hydrogen-bond acceptors (Lipinski definition) is 3. The van der Waals surface area contributed by atoms with Crippen molar-refractivity contribution in [1.82, 2.24) is 4.98 Å². The second-order valence-corrected chi connectivity index (χ2v) is 6.19. The third-order valence-electron chi connectivity index (χ3n) is 4.15.